The molecule has 0 fully saturated rings. The first kappa shape index (κ1) is 18.6. The van der Waals surface area contributed by atoms with Gasteiger partial charge in [-0.2, -0.15) is 0 Å². The molecule has 0 saturated carbocycles. The molecule has 0 bridgehead atoms. The summed E-state index contributed by atoms with van der Waals surface area (Å²) in [6.45, 7) is 0.249. The van der Waals surface area contributed by atoms with Gasteiger partial charge in [-0.1, -0.05) is 42.5 Å². The van der Waals surface area contributed by atoms with Gasteiger partial charge in [-0.25, -0.2) is 0 Å². The molecule has 1 aliphatic heterocycles. The Labute approximate surface area is 168 Å². The van der Waals surface area contributed by atoms with E-state index in [1.54, 1.807) is 17.0 Å². The molecular weight excluding hydrogens is 368 g/mol. The van der Waals surface area contributed by atoms with Crippen LogP contribution in [0.5, 0.6) is 17.2 Å². The Bertz CT molecular complexity index is 1020. The molecule has 6 heteroatoms. The molecule has 2 amide bonds. The maximum atomic E-state index is 12.5. The molecule has 0 atom stereocenters. The minimum absolute atomic E-state index is 0.0214. The van der Waals surface area contributed by atoms with Gasteiger partial charge in [0, 0.05) is 13.0 Å². The largest absolute Gasteiger partial charge is 0.482 e. The van der Waals surface area contributed by atoms with Gasteiger partial charge in [-0.05, 0) is 36.4 Å². The molecule has 146 valence electrons. The molecule has 0 aliphatic carbocycles. The average Bonchev–Trinajstić information content (AvgIpc) is 2.75. The number of amides is 2. The number of hydrogen-bond acceptors (Lipinski definition) is 4. The van der Waals surface area contributed by atoms with E-state index in [4.69, 9.17) is 9.47 Å². The van der Waals surface area contributed by atoms with Gasteiger partial charge >= 0.3 is 0 Å². The molecule has 3 aromatic carbocycles. The van der Waals surface area contributed by atoms with Crippen LogP contribution in [0.15, 0.2) is 78.9 Å². The highest BCUT2D eigenvalue weighted by Gasteiger charge is 2.25. The highest BCUT2D eigenvalue weighted by Crippen LogP contribution is 2.32. The molecule has 1 heterocycles. The van der Waals surface area contributed by atoms with Crippen LogP contribution in [-0.2, 0) is 9.59 Å². The van der Waals surface area contributed by atoms with Crippen molar-refractivity contribution >= 4 is 23.2 Å². The predicted molar refractivity (Wildman–Crippen MR) is 110 cm³/mol. The number of ether oxygens (including phenoxy) is 2. The first-order chi connectivity index (χ1) is 14.2. The zero-order valence-electron chi connectivity index (χ0n) is 15.7. The number of nitrogens with one attached hydrogen (secondary N) is 1. The summed E-state index contributed by atoms with van der Waals surface area (Å²) in [4.78, 5) is 26.4. The van der Waals surface area contributed by atoms with Crippen molar-refractivity contribution in [2.75, 3.05) is 23.4 Å². The third kappa shape index (κ3) is 4.38. The minimum atomic E-state index is -0.203. The van der Waals surface area contributed by atoms with E-state index in [1.807, 2.05) is 66.7 Å². The lowest BCUT2D eigenvalue weighted by Gasteiger charge is -2.29. The summed E-state index contributed by atoms with van der Waals surface area (Å²) in [5.41, 5.74) is 1.26. The summed E-state index contributed by atoms with van der Waals surface area (Å²) in [6, 6.07) is 23.9. The van der Waals surface area contributed by atoms with Gasteiger partial charge in [0.15, 0.2) is 12.4 Å². The average molecular weight is 388 g/mol. The number of nitrogens with zero attached hydrogens (tertiary/aromatic N) is 1. The smallest absolute Gasteiger partial charge is 0.265 e. The zero-order chi connectivity index (χ0) is 20.1. The van der Waals surface area contributed by atoms with E-state index in [9.17, 15) is 9.59 Å². The van der Waals surface area contributed by atoms with Gasteiger partial charge in [-0.15, -0.1) is 0 Å². The lowest BCUT2D eigenvalue weighted by molar-refractivity contribution is -0.121. The molecule has 0 radical (unpaired) electrons. The first-order valence-electron chi connectivity index (χ1n) is 9.35. The van der Waals surface area contributed by atoms with Gasteiger partial charge in [0.1, 0.15) is 11.5 Å². The molecule has 6 nitrogen and oxygen atoms in total. The van der Waals surface area contributed by atoms with Crippen LogP contribution < -0.4 is 19.7 Å². The summed E-state index contributed by atoms with van der Waals surface area (Å²) < 4.78 is 11.3. The number of carbonyl (C=O) groups excluding carboxylic acids is 2. The highest BCUT2D eigenvalue weighted by atomic mass is 16.5. The molecule has 0 saturated heterocycles. The number of rotatable bonds is 6. The van der Waals surface area contributed by atoms with Crippen molar-refractivity contribution in [3.8, 4) is 17.2 Å². The van der Waals surface area contributed by atoms with Crippen molar-refractivity contribution in [2.24, 2.45) is 0 Å². The van der Waals surface area contributed by atoms with Crippen molar-refractivity contribution in [3.05, 3.63) is 78.9 Å². The van der Waals surface area contributed by atoms with E-state index >= 15 is 0 Å². The van der Waals surface area contributed by atoms with E-state index in [1.165, 1.54) is 0 Å². The minimum Gasteiger partial charge on any atom is -0.482 e. The maximum absolute atomic E-state index is 12.5. The van der Waals surface area contributed by atoms with Gasteiger partial charge in [-0.3, -0.25) is 9.59 Å². The molecule has 29 heavy (non-hydrogen) atoms. The van der Waals surface area contributed by atoms with Crippen LogP contribution in [0.4, 0.5) is 11.4 Å². The summed E-state index contributed by atoms with van der Waals surface area (Å²) in [5, 5.41) is 2.88. The third-order valence-corrected chi connectivity index (χ3v) is 4.50. The fourth-order valence-electron chi connectivity index (χ4n) is 3.10. The Morgan fingerprint density at radius 2 is 1.69 bits per heavy atom. The van der Waals surface area contributed by atoms with Crippen LogP contribution in [-0.4, -0.2) is 25.0 Å². The van der Waals surface area contributed by atoms with Gasteiger partial charge in [0.05, 0.1) is 11.4 Å². The van der Waals surface area contributed by atoms with E-state index in [-0.39, 0.29) is 31.4 Å². The van der Waals surface area contributed by atoms with Crippen molar-refractivity contribution < 1.29 is 19.1 Å². The van der Waals surface area contributed by atoms with Crippen LogP contribution in [0.1, 0.15) is 6.42 Å². The van der Waals surface area contributed by atoms with Crippen molar-refractivity contribution in [3.63, 3.8) is 0 Å². The zero-order valence-corrected chi connectivity index (χ0v) is 15.7. The molecule has 1 N–H and O–H groups in total. The Balaban J connectivity index is 1.42. The van der Waals surface area contributed by atoms with E-state index in [0.29, 0.717) is 28.6 Å². The molecule has 0 aromatic heterocycles. The van der Waals surface area contributed by atoms with Crippen molar-refractivity contribution in [2.45, 2.75) is 6.42 Å². The molecule has 1 aliphatic rings. The number of fused-ring (bicyclic) bond motifs is 1. The Morgan fingerprint density at radius 3 is 2.55 bits per heavy atom. The lowest BCUT2D eigenvalue weighted by atomic mass is 10.2. The quantitative estimate of drug-likeness (QED) is 0.686. The number of benzene rings is 3. The Hall–Kier alpha value is -3.80. The van der Waals surface area contributed by atoms with Crippen LogP contribution in [0.2, 0.25) is 0 Å². The second kappa shape index (κ2) is 8.48. The van der Waals surface area contributed by atoms with Crippen molar-refractivity contribution in [1.82, 2.24) is 0 Å². The third-order valence-electron chi connectivity index (χ3n) is 4.50. The normalized spacial score (nSPS) is 12.7. The molecule has 0 spiro atoms. The standard InChI is InChI=1S/C23H20N2O4/c26-22(14-15-25-19-11-5-7-13-21(19)28-16-23(25)27)24-18-10-4-6-12-20(18)29-17-8-2-1-3-9-17/h1-13H,14-16H2,(H,24,26). The first-order valence-corrected chi connectivity index (χ1v) is 9.35. The molecule has 0 unspecified atom stereocenters. The van der Waals surface area contributed by atoms with Gasteiger partial charge in [0.2, 0.25) is 5.91 Å². The van der Waals surface area contributed by atoms with E-state index in [0.717, 1.165) is 0 Å². The Morgan fingerprint density at radius 1 is 0.966 bits per heavy atom. The fraction of sp³-hybridized carbons (Fsp3) is 0.130. The van der Waals surface area contributed by atoms with Gasteiger partial charge < -0.3 is 19.7 Å². The second-order valence-electron chi connectivity index (χ2n) is 6.51. The molecule has 3 aromatic rings. The SMILES string of the molecule is O=C(CCN1C(=O)COc2ccccc21)Nc1ccccc1Oc1ccccc1. The topological polar surface area (TPSA) is 67.9 Å². The highest BCUT2D eigenvalue weighted by molar-refractivity contribution is 5.99. The number of para-hydroxylation sites is 5. The maximum Gasteiger partial charge on any atom is 0.265 e. The van der Waals surface area contributed by atoms with Gasteiger partial charge in [0.25, 0.3) is 5.91 Å². The number of hydrogen-bond donors (Lipinski definition) is 1. The van der Waals surface area contributed by atoms with Crippen molar-refractivity contribution in [1.29, 1.82) is 0 Å². The van der Waals surface area contributed by atoms with Crippen LogP contribution in [0, 0.1) is 0 Å². The van der Waals surface area contributed by atoms with Crippen LogP contribution >= 0.6 is 0 Å². The fourth-order valence-corrected chi connectivity index (χ4v) is 3.10. The van der Waals surface area contributed by atoms with E-state index < -0.39 is 0 Å². The monoisotopic (exact) mass is 388 g/mol. The number of carbonyl (C=O) groups is 2. The van der Waals surface area contributed by atoms with E-state index in [2.05, 4.69) is 5.32 Å². The second-order valence-corrected chi connectivity index (χ2v) is 6.51. The number of anilines is 2. The van der Waals surface area contributed by atoms with Crippen LogP contribution in [0.25, 0.3) is 0 Å². The summed E-state index contributed by atoms with van der Waals surface area (Å²) in [7, 11) is 0. The summed E-state index contributed by atoms with van der Waals surface area (Å²) in [6.07, 6.45) is 0.153. The molecular formula is C23H20N2O4. The Kier molecular flexibility index (Phi) is 5.42. The summed E-state index contributed by atoms with van der Waals surface area (Å²) in [5.74, 6) is 1.52. The molecule has 4 rings (SSSR count). The summed E-state index contributed by atoms with van der Waals surface area (Å²) >= 11 is 0. The van der Waals surface area contributed by atoms with Crippen LogP contribution in [0.3, 0.4) is 0 Å². The lowest BCUT2D eigenvalue weighted by Crippen LogP contribution is -2.40. The predicted octanol–water partition coefficient (Wildman–Crippen LogP) is 4.23.